The van der Waals surface area contributed by atoms with Crippen LogP contribution in [0.3, 0.4) is 0 Å². The Hall–Kier alpha value is -1.39. The van der Waals surface area contributed by atoms with Crippen LogP contribution >= 0.6 is 11.3 Å². The lowest BCUT2D eigenvalue weighted by Gasteiger charge is -2.16. The monoisotopic (exact) mass is 261 g/mol. The van der Waals surface area contributed by atoms with Crippen molar-refractivity contribution in [3.63, 3.8) is 0 Å². The summed E-state index contributed by atoms with van der Waals surface area (Å²) in [5.74, 6) is 0. The zero-order valence-corrected chi connectivity index (χ0v) is 11.9. The normalized spacial score (nSPS) is 10.7. The van der Waals surface area contributed by atoms with Gasteiger partial charge in [0.25, 0.3) is 0 Å². The van der Waals surface area contributed by atoms with Crippen LogP contribution in [0.15, 0.2) is 24.4 Å². The minimum atomic E-state index is 0.565. The number of nitrogens with zero attached hydrogens (tertiary/aromatic N) is 2. The van der Waals surface area contributed by atoms with Gasteiger partial charge in [-0.3, -0.25) is 0 Å². The van der Waals surface area contributed by atoms with Gasteiger partial charge in [-0.15, -0.1) is 11.3 Å². The summed E-state index contributed by atoms with van der Waals surface area (Å²) in [5, 5.41) is 1.02. The fourth-order valence-electron chi connectivity index (χ4n) is 1.81. The number of hydrogen-bond donors (Lipinski definition) is 1. The van der Waals surface area contributed by atoms with E-state index in [-0.39, 0.29) is 0 Å². The highest BCUT2D eigenvalue weighted by atomic mass is 32.1. The van der Waals surface area contributed by atoms with Gasteiger partial charge in [0.2, 0.25) is 0 Å². The molecule has 0 amide bonds. The van der Waals surface area contributed by atoms with E-state index in [0.717, 1.165) is 16.6 Å². The van der Waals surface area contributed by atoms with Crippen molar-refractivity contribution in [3.05, 3.63) is 46.0 Å². The third-order valence-corrected chi connectivity index (χ3v) is 4.19. The minimum Gasteiger partial charge on any atom is -0.347 e. The molecule has 0 spiro atoms. The van der Waals surface area contributed by atoms with Crippen LogP contribution in [0, 0.1) is 13.8 Å². The highest BCUT2D eigenvalue weighted by Crippen LogP contribution is 2.22. The third-order valence-electron chi connectivity index (χ3n) is 3.06. The second-order valence-electron chi connectivity index (χ2n) is 4.59. The van der Waals surface area contributed by atoms with Crippen LogP contribution in [0.1, 0.15) is 21.6 Å². The van der Waals surface area contributed by atoms with E-state index >= 15 is 0 Å². The van der Waals surface area contributed by atoms with Crippen LogP contribution in [0.5, 0.6) is 0 Å². The maximum atomic E-state index is 5.60. The number of benzene rings is 1. The molecule has 18 heavy (non-hydrogen) atoms. The second kappa shape index (κ2) is 5.50. The van der Waals surface area contributed by atoms with Gasteiger partial charge in [-0.2, -0.15) is 0 Å². The molecule has 0 atom stereocenters. The number of aromatic nitrogens is 1. The number of aryl methyl sites for hydroxylation is 2. The molecule has 0 aliphatic heterocycles. The Morgan fingerprint density at radius 1 is 1.28 bits per heavy atom. The maximum absolute atomic E-state index is 5.60. The summed E-state index contributed by atoms with van der Waals surface area (Å²) in [6, 6.07) is 6.59. The fraction of sp³-hybridized carbons (Fsp3) is 0.357. The lowest BCUT2D eigenvalue weighted by atomic mass is 10.1. The van der Waals surface area contributed by atoms with Crippen molar-refractivity contribution in [1.29, 1.82) is 0 Å². The van der Waals surface area contributed by atoms with E-state index in [1.54, 1.807) is 11.3 Å². The SMILES string of the molecule is Cc1ccc(CN(C)c2ncc(CN)s2)cc1C. The van der Waals surface area contributed by atoms with Crippen molar-refractivity contribution in [3.8, 4) is 0 Å². The van der Waals surface area contributed by atoms with Gasteiger partial charge in [-0.05, 0) is 30.5 Å². The number of nitrogens with two attached hydrogens (primary N) is 1. The first-order chi connectivity index (χ1) is 8.60. The van der Waals surface area contributed by atoms with Crippen molar-refractivity contribution < 1.29 is 0 Å². The summed E-state index contributed by atoms with van der Waals surface area (Å²) in [4.78, 5) is 7.67. The molecule has 0 aliphatic rings. The molecule has 2 aromatic rings. The van der Waals surface area contributed by atoms with Gasteiger partial charge in [-0.1, -0.05) is 18.2 Å². The molecule has 0 aliphatic carbocycles. The molecule has 0 saturated heterocycles. The predicted molar refractivity (Wildman–Crippen MR) is 78.0 cm³/mol. The van der Waals surface area contributed by atoms with Crippen molar-refractivity contribution in [2.45, 2.75) is 26.9 Å². The van der Waals surface area contributed by atoms with Gasteiger partial charge in [0, 0.05) is 31.2 Å². The maximum Gasteiger partial charge on any atom is 0.185 e. The van der Waals surface area contributed by atoms with Gasteiger partial charge in [-0.25, -0.2) is 4.98 Å². The Labute approximate surface area is 112 Å². The van der Waals surface area contributed by atoms with Gasteiger partial charge in [0.15, 0.2) is 5.13 Å². The zero-order valence-electron chi connectivity index (χ0n) is 11.1. The quantitative estimate of drug-likeness (QED) is 0.920. The third kappa shape index (κ3) is 2.89. The summed E-state index contributed by atoms with van der Waals surface area (Å²) in [7, 11) is 2.06. The largest absolute Gasteiger partial charge is 0.347 e. The average molecular weight is 261 g/mol. The Kier molecular flexibility index (Phi) is 3.99. The van der Waals surface area contributed by atoms with E-state index in [1.807, 2.05) is 6.20 Å². The Bertz CT molecular complexity index is 534. The molecule has 1 aromatic heterocycles. The molecule has 0 bridgehead atoms. The number of hydrogen-bond acceptors (Lipinski definition) is 4. The molecule has 4 heteroatoms. The molecule has 0 fully saturated rings. The Balaban J connectivity index is 2.10. The summed E-state index contributed by atoms with van der Waals surface area (Å²) in [5.41, 5.74) is 9.58. The molecule has 2 rings (SSSR count). The lowest BCUT2D eigenvalue weighted by molar-refractivity contribution is 0.912. The van der Waals surface area contributed by atoms with Gasteiger partial charge < -0.3 is 10.6 Å². The molecule has 0 radical (unpaired) electrons. The molecule has 96 valence electrons. The number of rotatable bonds is 4. The van der Waals surface area contributed by atoms with Gasteiger partial charge >= 0.3 is 0 Å². The van der Waals surface area contributed by atoms with Crippen LogP contribution in [0.4, 0.5) is 5.13 Å². The first-order valence-corrected chi connectivity index (χ1v) is 6.84. The van der Waals surface area contributed by atoms with Crippen molar-refractivity contribution >= 4 is 16.5 Å². The zero-order chi connectivity index (χ0) is 13.1. The standard InChI is InChI=1S/C14H19N3S/c1-10-4-5-12(6-11(10)2)9-17(3)14-16-8-13(7-15)18-14/h4-6,8H,7,9,15H2,1-3H3. The van der Waals surface area contributed by atoms with E-state index in [9.17, 15) is 0 Å². The lowest BCUT2D eigenvalue weighted by Crippen LogP contribution is -2.16. The molecule has 2 N–H and O–H groups in total. The van der Waals surface area contributed by atoms with Crippen LogP contribution < -0.4 is 10.6 Å². The van der Waals surface area contributed by atoms with Gasteiger partial charge in [0.1, 0.15) is 0 Å². The molecule has 1 heterocycles. The van der Waals surface area contributed by atoms with Crippen LogP contribution in [0.25, 0.3) is 0 Å². The number of thiazole rings is 1. The Morgan fingerprint density at radius 3 is 2.67 bits per heavy atom. The molecular formula is C14H19N3S. The smallest absolute Gasteiger partial charge is 0.185 e. The van der Waals surface area contributed by atoms with E-state index in [4.69, 9.17) is 5.73 Å². The molecule has 0 unspecified atom stereocenters. The van der Waals surface area contributed by atoms with E-state index in [2.05, 4.69) is 49.0 Å². The number of anilines is 1. The highest BCUT2D eigenvalue weighted by molar-refractivity contribution is 7.15. The van der Waals surface area contributed by atoms with E-state index in [0.29, 0.717) is 6.54 Å². The van der Waals surface area contributed by atoms with Crippen LogP contribution in [0.2, 0.25) is 0 Å². The predicted octanol–water partition coefficient (Wildman–Crippen LogP) is 2.86. The fourth-order valence-corrected chi connectivity index (χ4v) is 2.56. The summed E-state index contributed by atoms with van der Waals surface area (Å²) in [6.07, 6.45) is 1.86. The summed E-state index contributed by atoms with van der Waals surface area (Å²) >= 11 is 1.66. The second-order valence-corrected chi connectivity index (χ2v) is 5.68. The van der Waals surface area contributed by atoms with Crippen LogP contribution in [-0.2, 0) is 13.1 Å². The van der Waals surface area contributed by atoms with Crippen LogP contribution in [-0.4, -0.2) is 12.0 Å². The first-order valence-electron chi connectivity index (χ1n) is 6.02. The first kappa shape index (κ1) is 13.1. The highest BCUT2D eigenvalue weighted by Gasteiger charge is 2.07. The van der Waals surface area contributed by atoms with Crippen molar-refractivity contribution in [2.24, 2.45) is 5.73 Å². The van der Waals surface area contributed by atoms with Crippen molar-refractivity contribution in [1.82, 2.24) is 4.98 Å². The molecule has 1 aromatic carbocycles. The van der Waals surface area contributed by atoms with E-state index in [1.165, 1.54) is 16.7 Å². The summed E-state index contributed by atoms with van der Waals surface area (Å²) in [6.45, 7) is 5.72. The van der Waals surface area contributed by atoms with Crippen molar-refractivity contribution in [2.75, 3.05) is 11.9 Å². The van der Waals surface area contributed by atoms with Gasteiger partial charge in [0.05, 0.1) is 0 Å². The van der Waals surface area contributed by atoms with E-state index < -0.39 is 0 Å². The molecular weight excluding hydrogens is 242 g/mol. The molecule has 3 nitrogen and oxygen atoms in total. The molecule has 0 saturated carbocycles. The summed E-state index contributed by atoms with van der Waals surface area (Å²) < 4.78 is 0. The Morgan fingerprint density at radius 2 is 2.06 bits per heavy atom. The minimum absolute atomic E-state index is 0.565. The topological polar surface area (TPSA) is 42.2 Å². The average Bonchev–Trinajstić information content (AvgIpc) is 2.82.